The molecule has 0 aromatic rings. The highest BCUT2D eigenvalue weighted by molar-refractivity contribution is 5.71. The summed E-state index contributed by atoms with van der Waals surface area (Å²) in [5.41, 5.74) is 0. The highest BCUT2D eigenvalue weighted by Crippen LogP contribution is 2.18. The van der Waals surface area contributed by atoms with Gasteiger partial charge in [-0.15, -0.1) is 0 Å². The first-order chi connectivity index (χ1) is 29.6. The molecule has 0 rings (SSSR count). The molecule has 0 fully saturated rings. The number of unbranched alkanes of at least 4 members (excludes halogenated alkanes) is 30. The fourth-order valence-corrected chi connectivity index (χ4v) is 8.26. The number of rotatable bonds is 48. The van der Waals surface area contributed by atoms with Gasteiger partial charge in [-0.3, -0.25) is 14.4 Å². The molecule has 0 N–H and O–H groups in total. The Kier molecular flexibility index (Phi) is 45.2. The van der Waals surface area contributed by atoms with E-state index in [1.54, 1.807) is 0 Å². The summed E-state index contributed by atoms with van der Waals surface area (Å²) in [5.74, 6) is 1.66. The minimum absolute atomic E-state index is 0.0645. The Morgan fingerprint density at radius 2 is 0.574 bits per heavy atom. The summed E-state index contributed by atoms with van der Waals surface area (Å²) in [4.78, 5) is 38.0. The largest absolute Gasteiger partial charge is 0.462 e. The quantitative estimate of drug-likeness (QED) is 0.0344. The standard InChI is InChI=1S/C55H106O6/c1-7-51(6)43-37-31-25-18-15-16-20-28-34-40-46-55(58)61-52(48-60-54(57)45-39-33-27-22-21-24-30-36-42-50(4)5)47-59-53(56)44-38-32-26-19-14-12-10-8-9-11-13-17-23-29-35-41-49(2)3/h49-52H,7-48H2,1-6H3/t51?,52-/m0/s1. The number of esters is 3. The third-order valence-corrected chi connectivity index (χ3v) is 12.8. The lowest BCUT2D eigenvalue weighted by molar-refractivity contribution is -0.167. The van der Waals surface area contributed by atoms with Crippen molar-refractivity contribution in [1.82, 2.24) is 0 Å². The van der Waals surface area contributed by atoms with E-state index in [4.69, 9.17) is 14.2 Å². The topological polar surface area (TPSA) is 78.9 Å². The van der Waals surface area contributed by atoms with E-state index in [0.717, 1.165) is 75.5 Å². The van der Waals surface area contributed by atoms with Gasteiger partial charge in [0, 0.05) is 19.3 Å². The van der Waals surface area contributed by atoms with Gasteiger partial charge in [0.15, 0.2) is 6.10 Å². The van der Waals surface area contributed by atoms with Crippen LogP contribution in [0.1, 0.15) is 298 Å². The first-order valence-corrected chi connectivity index (χ1v) is 27.1. The molecule has 362 valence electrons. The Morgan fingerprint density at radius 1 is 0.328 bits per heavy atom. The first kappa shape index (κ1) is 59.4. The van der Waals surface area contributed by atoms with Crippen LogP contribution in [-0.2, 0) is 28.6 Å². The molecule has 61 heavy (non-hydrogen) atoms. The lowest BCUT2D eigenvalue weighted by atomic mass is 9.99. The summed E-state index contributed by atoms with van der Waals surface area (Å²) in [7, 11) is 0. The van der Waals surface area contributed by atoms with E-state index in [-0.39, 0.29) is 31.1 Å². The third kappa shape index (κ3) is 47.7. The molecule has 0 aromatic carbocycles. The number of carbonyl (C=O) groups is 3. The zero-order valence-electron chi connectivity index (χ0n) is 42.0. The smallest absolute Gasteiger partial charge is 0.306 e. The normalized spacial score (nSPS) is 12.6. The average Bonchev–Trinajstić information content (AvgIpc) is 3.23. The molecule has 0 aliphatic rings. The van der Waals surface area contributed by atoms with E-state index in [9.17, 15) is 14.4 Å². The lowest BCUT2D eigenvalue weighted by Crippen LogP contribution is -2.30. The Hall–Kier alpha value is -1.59. The van der Waals surface area contributed by atoms with Gasteiger partial charge in [-0.2, -0.15) is 0 Å². The van der Waals surface area contributed by atoms with Crippen LogP contribution >= 0.6 is 0 Å². The zero-order chi connectivity index (χ0) is 44.9. The SMILES string of the molecule is CCC(C)CCCCCCCCCCCCC(=O)O[C@@H](COC(=O)CCCCCCCCCCCCCCCCCC(C)C)COC(=O)CCCCCCCCCCC(C)C. The fourth-order valence-electron chi connectivity index (χ4n) is 8.26. The van der Waals surface area contributed by atoms with Crippen LogP contribution in [0.5, 0.6) is 0 Å². The van der Waals surface area contributed by atoms with E-state index >= 15 is 0 Å². The van der Waals surface area contributed by atoms with Crippen molar-refractivity contribution in [1.29, 1.82) is 0 Å². The van der Waals surface area contributed by atoms with E-state index in [1.165, 1.54) is 180 Å². The van der Waals surface area contributed by atoms with Gasteiger partial charge < -0.3 is 14.2 Å². The minimum atomic E-state index is -0.763. The average molecular weight is 863 g/mol. The van der Waals surface area contributed by atoms with Gasteiger partial charge in [0.1, 0.15) is 13.2 Å². The van der Waals surface area contributed by atoms with Crippen LogP contribution in [0.15, 0.2) is 0 Å². The van der Waals surface area contributed by atoms with Crippen molar-refractivity contribution in [3.05, 3.63) is 0 Å². The van der Waals surface area contributed by atoms with Gasteiger partial charge in [0.25, 0.3) is 0 Å². The second kappa shape index (κ2) is 46.4. The first-order valence-electron chi connectivity index (χ1n) is 27.1. The molecule has 1 unspecified atom stereocenters. The van der Waals surface area contributed by atoms with Gasteiger partial charge in [-0.05, 0) is 37.0 Å². The second-order valence-electron chi connectivity index (χ2n) is 20.1. The maximum Gasteiger partial charge on any atom is 0.306 e. The molecule has 0 spiro atoms. The van der Waals surface area contributed by atoms with Crippen molar-refractivity contribution in [3.8, 4) is 0 Å². The molecular weight excluding hydrogens is 757 g/mol. The zero-order valence-corrected chi connectivity index (χ0v) is 42.0. The highest BCUT2D eigenvalue weighted by atomic mass is 16.6. The van der Waals surface area contributed by atoms with Crippen molar-refractivity contribution in [2.75, 3.05) is 13.2 Å². The van der Waals surface area contributed by atoms with Crippen LogP contribution in [0.4, 0.5) is 0 Å². The Bertz CT molecular complexity index is 947. The van der Waals surface area contributed by atoms with Crippen molar-refractivity contribution in [2.45, 2.75) is 304 Å². The Morgan fingerprint density at radius 3 is 0.852 bits per heavy atom. The number of hydrogen-bond donors (Lipinski definition) is 0. The maximum absolute atomic E-state index is 12.8. The lowest BCUT2D eigenvalue weighted by Gasteiger charge is -2.18. The van der Waals surface area contributed by atoms with E-state index in [1.807, 2.05) is 0 Å². The van der Waals surface area contributed by atoms with Crippen LogP contribution in [0.3, 0.4) is 0 Å². The maximum atomic E-state index is 12.8. The summed E-state index contributed by atoms with van der Waals surface area (Å²) in [6.07, 6.45) is 46.6. The van der Waals surface area contributed by atoms with Crippen LogP contribution in [0.2, 0.25) is 0 Å². The summed E-state index contributed by atoms with van der Waals surface area (Å²) in [6, 6.07) is 0. The van der Waals surface area contributed by atoms with Crippen molar-refractivity contribution in [2.24, 2.45) is 17.8 Å². The summed E-state index contributed by atoms with van der Waals surface area (Å²) in [5, 5.41) is 0. The van der Waals surface area contributed by atoms with Gasteiger partial charge in [0.05, 0.1) is 0 Å². The molecule has 0 aromatic heterocycles. The van der Waals surface area contributed by atoms with Crippen molar-refractivity contribution in [3.63, 3.8) is 0 Å². The van der Waals surface area contributed by atoms with Crippen LogP contribution in [-0.4, -0.2) is 37.2 Å². The van der Waals surface area contributed by atoms with Crippen molar-refractivity contribution < 1.29 is 28.6 Å². The fraction of sp³-hybridized carbons (Fsp3) is 0.945. The molecule has 0 heterocycles. The molecule has 0 amide bonds. The van der Waals surface area contributed by atoms with Gasteiger partial charge >= 0.3 is 17.9 Å². The van der Waals surface area contributed by atoms with Gasteiger partial charge in [-0.1, -0.05) is 260 Å². The molecule has 0 aliphatic carbocycles. The van der Waals surface area contributed by atoms with Gasteiger partial charge in [-0.25, -0.2) is 0 Å². The molecular formula is C55H106O6. The molecule has 6 heteroatoms. The Balaban J connectivity index is 4.28. The monoisotopic (exact) mass is 863 g/mol. The molecule has 6 nitrogen and oxygen atoms in total. The van der Waals surface area contributed by atoms with E-state index in [2.05, 4.69) is 41.5 Å². The predicted octanol–water partition coefficient (Wildman–Crippen LogP) is 17.6. The number of carbonyl (C=O) groups excluding carboxylic acids is 3. The highest BCUT2D eigenvalue weighted by Gasteiger charge is 2.19. The van der Waals surface area contributed by atoms with Crippen LogP contribution in [0.25, 0.3) is 0 Å². The third-order valence-electron chi connectivity index (χ3n) is 12.8. The van der Waals surface area contributed by atoms with E-state index in [0.29, 0.717) is 19.3 Å². The molecule has 2 atom stereocenters. The van der Waals surface area contributed by atoms with E-state index < -0.39 is 6.10 Å². The Labute approximate surface area is 380 Å². The molecule has 0 bridgehead atoms. The molecule has 0 aliphatic heterocycles. The van der Waals surface area contributed by atoms with Gasteiger partial charge in [0.2, 0.25) is 0 Å². The van der Waals surface area contributed by atoms with Crippen LogP contribution in [0, 0.1) is 17.8 Å². The predicted molar refractivity (Wildman–Crippen MR) is 261 cm³/mol. The number of ether oxygens (including phenoxy) is 3. The number of hydrogen-bond acceptors (Lipinski definition) is 6. The van der Waals surface area contributed by atoms with Crippen molar-refractivity contribution >= 4 is 17.9 Å². The molecule has 0 saturated heterocycles. The summed E-state index contributed by atoms with van der Waals surface area (Å²) < 4.78 is 16.8. The summed E-state index contributed by atoms with van der Waals surface area (Å²) in [6.45, 7) is 13.7. The minimum Gasteiger partial charge on any atom is -0.462 e. The molecule has 0 radical (unpaired) electrons. The second-order valence-corrected chi connectivity index (χ2v) is 20.1. The molecule has 0 saturated carbocycles. The summed E-state index contributed by atoms with van der Waals surface area (Å²) >= 11 is 0. The van der Waals surface area contributed by atoms with Crippen LogP contribution < -0.4 is 0 Å².